The Hall–Kier alpha value is -1.51. The van der Waals surface area contributed by atoms with Crippen molar-refractivity contribution >= 4 is 22.0 Å². The van der Waals surface area contributed by atoms with Gasteiger partial charge >= 0.3 is 16.3 Å². The fourth-order valence-electron chi connectivity index (χ4n) is 1.09. The van der Waals surface area contributed by atoms with Gasteiger partial charge in [-0.05, 0) is 24.6 Å². The van der Waals surface area contributed by atoms with Crippen LogP contribution in [-0.4, -0.2) is 11.2 Å². The molecule has 0 aliphatic carbocycles. The van der Waals surface area contributed by atoms with Gasteiger partial charge < -0.3 is 5.11 Å². The molecule has 0 aliphatic heterocycles. The van der Waals surface area contributed by atoms with Crippen LogP contribution in [0.1, 0.15) is 5.56 Å². The largest absolute Gasteiger partial charge is 0.465 e. The first kappa shape index (κ1) is 13.6. The van der Waals surface area contributed by atoms with E-state index in [0.717, 1.165) is 6.07 Å². The summed E-state index contributed by atoms with van der Waals surface area (Å²) in [5.41, 5.74) is -0.416. The smallest absolute Gasteiger partial charge is 0.409 e. The van der Waals surface area contributed by atoms with Crippen molar-refractivity contribution < 1.29 is 29.3 Å². The van der Waals surface area contributed by atoms with E-state index in [4.69, 9.17) is 5.11 Å². The molecular weight excluding hydrogens is 269 g/mol. The Bertz CT molecular complexity index is 484. The number of carbonyl (C=O) groups is 1. The van der Waals surface area contributed by atoms with Crippen LogP contribution in [0, 0.1) is 6.92 Å². The molecule has 0 saturated carbocycles. The van der Waals surface area contributed by atoms with Crippen LogP contribution in [0.5, 0.6) is 0 Å². The Morgan fingerprint density at radius 1 is 1.24 bits per heavy atom. The van der Waals surface area contributed by atoms with Gasteiger partial charge in [0, 0.05) is 5.69 Å². The molecule has 98 valence electrons. The Morgan fingerprint density at radius 3 is 2.18 bits per heavy atom. The highest BCUT2D eigenvalue weighted by Crippen LogP contribution is 3.02. The highest BCUT2D eigenvalue weighted by atomic mass is 32.5. The molecule has 0 heterocycles. The standard InChI is InChI=1S/C8H8F5NO2S/c1-5-2-3-6(17(9,10,11,12)13)4-7(5)14-8(15)16/h2-4,14H,1H3,(H,15,16). The number of benzene rings is 1. The van der Waals surface area contributed by atoms with Crippen LogP contribution in [-0.2, 0) is 0 Å². The van der Waals surface area contributed by atoms with Crippen molar-refractivity contribution in [1.82, 2.24) is 0 Å². The molecule has 1 aromatic rings. The summed E-state index contributed by atoms with van der Waals surface area (Å²) in [5.74, 6) is 0. The van der Waals surface area contributed by atoms with Crippen molar-refractivity contribution in [2.45, 2.75) is 11.8 Å². The third-order valence-electron chi connectivity index (χ3n) is 1.90. The molecule has 3 nitrogen and oxygen atoms in total. The monoisotopic (exact) mass is 277 g/mol. The summed E-state index contributed by atoms with van der Waals surface area (Å²) < 4.78 is 62.1. The molecule has 1 rings (SSSR count). The zero-order chi connectivity index (χ0) is 13.5. The summed E-state index contributed by atoms with van der Waals surface area (Å²) in [4.78, 5) is 8.15. The highest BCUT2D eigenvalue weighted by molar-refractivity contribution is 8.45. The predicted octanol–water partition coefficient (Wildman–Crippen LogP) is 4.74. The fourth-order valence-corrected chi connectivity index (χ4v) is 1.76. The van der Waals surface area contributed by atoms with Crippen LogP contribution < -0.4 is 5.32 Å². The maximum Gasteiger partial charge on any atom is 0.409 e. The SMILES string of the molecule is Cc1ccc(S(F)(F)(F)(F)F)cc1NC(=O)O. The van der Waals surface area contributed by atoms with Crippen molar-refractivity contribution in [3.8, 4) is 0 Å². The quantitative estimate of drug-likeness (QED) is 0.767. The van der Waals surface area contributed by atoms with E-state index in [1.165, 1.54) is 6.92 Å². The lowest BCUT2D eigenvalue weighted by Gasteiger charge is -2.40. The van der Waals surface area contributed by atoms with Gasteiger partial charge in [-0.3, -0.25) is 5.32 Å². The molecule has 0 aliphatic rings. The van der Waals surface area contributed by atoms with Gasteiger partial charge in [-0.1, -0.05) is 25.5 Å². The van der Waals surface area contributed by atoms with Gasteiger partial charge in [0.15, 0.2) is 0 Å². The zero-order valence-corrected chi connectivity index (χ0v) is 9.20. The van der Waals surface area contributed by atoms with Crippen LogP contribution in [0.15, 0.2) is 23.1 Å². The van der Waals surface area contributed by atoms with Crippen LogP contribution in [0.25, 0.3) is 0 Å². The molecule has 0 spiro atoms. The Balaban J connectivity index is 3.38. The second-order valence-electron chi connectivity index (χ2n) is 3.38. The van der Waals surface area contributed by atoms with Crippen LogP contribution in [0.2, 0.25) is 0 Å². The van der Waals surface area contributed by atoms with E-state index in [0.29, 0.717) is 0 Å². The Labute approximate surface area is 93.0 Å². The van der Waals surface area contributed by atoms with E-state index in [-0.39, 0.29) is 17.7 Å². The second kappa shape index (κ2) is 3.03. The number of aryl methyl sites for hydroxylation is 1. The Kier molecular flexibility index (Phi) is 2.42. The summed E-state index contributed by atoms with van der Waals surface area (Å²) in [5, 5.41) is 9.97. The van der Waals surface area contributed by atoms with Crippen LogP contribution in [0.4, 0.5) is 29.9 Å². The summed E-state index contributed by atoms with van der Waals surface area (Å²) in [7, 11) is -9.78. The molecule has 0 radical (unpaired) electrons. The molecule has 0 atom stereocenters. The molecule has 0 fully saturated rings. The first-order chi connectivity index (χ1) is 7.29. The van der Waals surface area contributed by atoms with Crippen molar-refractivity contribution in [2.75, 3.05) is 5.32 Å². The summed E-state index contributed by atoms with van der Waals surface area (Å²) in [6.45, 7) is 1.29. The minimum atomic E-state index is -9.78. The van der Waals surface area contributed by atoms with E-state index >= 15 is 0 Å². The molecule has 0 aromatic heterocycles. The van der Waals surface area contributed by atoms with Crippen molar-refractivity contribution in [3.63, 3.8) is 0 Å². The number of nitrogens with one attached hydrogen (secondary N) is 1. The van der Waals surface area contributed by atoms with E-state index in [1.54, 1.807) is 5.32 Å². The number of amides is 1. The fraction of sp³-hybridized carbons (Fsp3) is 0.125. The first-order valence-corrected chi connectivity index (χ1v) is 6.09. The normalized spacial score (nSPS) is 15.9. The molecular formula is C8H8F5NO2S. The van der Waals surface area contributed by atoms with Crippen LogP contribution in [0.3, 0.4) is 0 Å². The molecule has 0 bridgehead atoms. The van der Waals surface area contributed by atoms with Gasteiger partial charge in [-0.15, -0.1) is 0 Å². The lowest BCUT2D eigenvalue weighted by molar-refractivity contribution is 0.209. The molecule has 1 amide bonds. The molecule has 0 saturated heterocycles. The number of rotatable bonds is 2. The summed E-state index contributed by atoms with van der Waals surface area (Å²) in [6, 6.07) is 1.09. The second-order valence-corrected chi connectivity index (χ2v) is 5.79. The van der Waals surface area contributed by atoms with Gasteiger partial charge in [0.2, 0.25) is 0 Å². The zero-order valence-electron chi connectivity index (χ0n) is 8.39. The van der Waals surface area contributed by atoms with Gasteiger partial charge in [-0.2, -0.15) is 0 Å². The lowest BCUT2D eigenvalue weighted by Crippen LogP contribution is -2.11. The molecule has 0 unspecified atom stereocenters. The summed E-state index contributed by atoms with van der Waals surface area (Å²) >= 11 is 0. The molecule has 1 aromatic carbocycles. The van der Waals surface area contributed by atoms with Gasteiger partial charge in [0.05, 0.1) is 0 Å². The van der Waals surface area contributed by atoms with Gasteiger partial charge in [-0.25, -0.2) is 4.79 Å². The number of hydrogen-bond donors (Lipinski definition) is 2. The van der Waals surface area contributed by atoms with Gasteiger partial charge in [0.1, 0.15) is 4.90 Å². The molecule has 9 heteroatoms. The number of anilines is 1. The lowest BCUT2D eigenvalue weighted by atomic mass is 10.2. The average Bonchev–Trinajstić information content (AvgIpc) is 2.03. The minimum absolute atomic E-state index is 0.0883. The Morgan fingerprint density at radius 2 is 1.76 bits per heavy atom. The van der Waals surface area contributed by atoms with E-state index in [1.807, 2.05) is 0 Å². The topological polar surface area (TPSA) is 49.3 Å². The third kappa shape index (κ3) is 3.48. The highest BCUT2D eigenvalue weighted by Gasteiger charge is 2.65. The maximum atomic E-state index is 12.4. The van der Waals surface area contributed by atoms with E-state index < -0.39 is 26.9 Å². The molecule has 17 heavy (non-hydrogen) atoms. The number of carboxylic acid groups (broad SMARTS) is 1. The first-order valence-electron chi connectivity index (χ1n) is 4.14. The van der Waals surface area contributed by atoms with Crippen molar-refractivity contribution in [1.29, 1.82) is 0 Å². The van der Waals surface area contributed by atoms with Crippen LogP contribution >= 0.6 is 10.2 Å². The van der Waals surface area contributed by atoms with Crippen molar-refractivity contribution in [3.05, 3.63) is 23.8 Å². The minimum Gasteiger partial charge on any atom is -0.465 e. The van der Waals surface area contributed by atoms with E-state index in [9.17, 15) is 24.2 Å². The number of halogens is 5. The third-order valence-corrected chi connectivity index (χ3v) is 3.04. The van der Waals surface area contributed by atoms with E-state index in [2.05, 4.69) is 0 Å². The average molecular weight is 277 g/mol. The molecule has 2 N–H and O–H groups in total. The van der Waals surface area contributed by atoms with Gasteiger partial charge in [0.25, 0.3) is 0 Å². The number of hydrogen-bond acceptors (Lipinski definition) is 1. The summed E-state index contributed by atoms with van der Waals surface area (Å²) in [6.07, 6.45) is -1.63. The predicted molar refractivity (Wildman–Crippen MR) is 54.2 cm³/mol. The van der Waals surface area contributed by atoms with Crippen molar-refractivity contribution in [2.24, 2.45) is 0 Å². The maximum absolute atomic E-state index is 12.4.